The Kier molecular flexibility index (Phi) is 6.19. The highest BCUT2D eigenvalue weighted by atomic mass is 16.5. The maximum Gasteiger partial charge on any atom is 0.251 e. The largest absolute Gasteiger partial charge is 0.382 e. The van der Waals surface area contributed by atoms with Gasteiger partial charge in [0.05, 0.1) is 30.4 Å². The molecule has 35 heavy (non-hydrogen) atoms. The van der Waals surface area contributed by atoms with Crippen molar-refractivity contribution in [2.45, 2.75) is 25.6 Å². The van der Waals surface area contributed by atoms with E-state index in [0.29, 0.717) is 31.5 Å². The molecule has 1 amide bonds. The SMILES string of the molecule is CNc1nc(-c2ccc3c(N)n[nH]c3c2)cc(N2C[C@H](C(=O)NCc3ccccc3)OC[C@H]2C)n1. The fraction of sp³-hybridized carbons (Fsp3) is 0.280. The fourth-order valence-electron chi connectivity index (χ4n) is 4.17. The van der Waals surface area contributed by atoms with Crippen molar-refractivity contribution in [3.05, 3.63) is 60.2 Å². The molecule has 2 aromatic heterocycles. The number of hydrogen-bond acceptors (Lipinski definition) is 8. The number of rotatable bonds is 6. The monoisotopic (exact) mass is 472 g/mol. The number of carbonyl (C=O) groups excluding carboxylic acids is 1. The summed E-state index contributed by atoms with van der Waals surface area (Å²) in [5.41, 5.74) is 9.43. The molecule has 3 heterocycles. The molecule has 0 spiro atoms. The van der Waals surface area contributed by atoms with Gasteiger partial charge in [-0.1, -0.05) is 36.4 Å². The summed E-state index contributed by atoms with van der Waals surface area (Å²) in [7, 11) is 1.78. The van der Waals surface area contributed by atoms with Gasteiger partial charge >= 0.3 is 0 Å². The number of nitrogens with two attached hydrogens (primary N) is 1. The lowest BCUT2D eigenvalue weighted by Crippen LogP contribution is -2.54. The van der Waals surface area contributed by atoms with Gasteiger partial charge < -0.3 is 26.0 Å². The highest BCUT2D eigenvalue weighted by molar-refractivity contribution is 5.91. The number of anilines is 3. The van der Waals surface area contributed by atoms with Crippen molar-refractivity contribution in [2.24, 2.45) is 0 Å². The molecule has 0 radical (unpaired) electrons. The molecule has 2 aromatic carbocycles. The molecule has 1 aliphatic rings. The molecule has 0 saturated carbocycles. The van der Waals surface area contributed by atoms with Crippen LogP contribution in [0.25, 0.3) is 22.2 Å². The van der Waals surface area contributed by atoms with Gasteiger partial charge in [-0.3, -0.25) is 9.89 Å². The summed E-state index contributed by atoms with van der Waals surface area (Å²) in [5.74, 6) is 1.53. The Labute approximate surface area is 202 Å². The van der Waals surface area contributed by atoms with Crippen LogP contribution >= 0.6 is 0 Å². The van der Waals surface area contributed by atoms with Crippen LogP contribution in [0.4, 0.5) is 17.6 Å². The number of ether oxygens (including phenoxy) is 1. The van der Waals surface area contributed by atoms with Gasteiger partial charge in [0.25, 0.3) is 5.91 Å². The Hall–Kier alpha value is -4.18. The Morgan fingerprint density at radius 2 is 2.03 bits per heavy atom. The maximum absolute atomic E-state index is 12.9. The van der Waals surface area contributed by atoms with Crippen molar-refractivity contribution >= 4 is 34.4 Å². The third-order valence-electron chi connectivity index (χ3n) is 6.15. The number of aromatic nitrogens is 4. The summed E-state index contributed by atoms with van der Waals surface area (Å²) < 4.78 is 5.88. The van der Waals surface area contributed by atoms with Crippen molar-refractivity contribution in [1.82, 2.24) is 25.5 Å². The second-order valence-electron chi connectivity index (χ2n) is 8.58. The molecule has 4 aromatic rings. The van der Waals surface area contributed by atoms with Crippen LogP contribution in [0.15, 0.2) is 54.6 Å². The van der Waals surface area contributed by atoms with Crippen molar-refractivity contribution in [3.8, 4) is 11.3 Å². The number of fused-ring (bicyclic) bond motifs is 1. The maximum atomic E-state index is 12.9. The summed E-state index contributed by atoms with van der Waals surface area (Å²) in [4.78, 5) is 24.3. The predicted octanol–water partition coefficient (Wildman–Crippen LogP) is 2.55. The lowest BCUT2D eigenvalue weighted by Gasteiger charge is -2.38. The van der Waals surface area contributed by atoms with E-state index in [9.17, 15) is 4.79 Å². The standard InChI is InChI=1S/C25H28N8O2/c1-15-14-35-21(24(34)28-12-16-6-4-3-5-7-16)13-33(15)22-11-19(29-25(27-2)30-22)17-8-9-18-20(10-17)31-32-23(18)26/h3-11,15,21H,12-14H2,1-2H3,(H,28,34)(H3,26,31,32)(H,27,29,30)/t15-,21-/m1/s1. The molecule has 1 saturated heterocycles. The van der Waals surface area contributed by atoms with Crippen LogP contribution in [-0.2, 0) is 16.1 Å². The van der Waals surface area contributed by atoms with E-state index < -0.39 is 6.10 Å². The number of carbonyl (C=O) groups is 1. The van der Waals surface area contributed by atoms with E-state index in [-0.39, 0.29) is 11.9 Å². The van der Waals surface area contributed by atoms with Gasteiger partial charge in [0.2, 0.25) is 5.95 Å². The summed E-state index contributed by atoms with van der Waals surface area (Å²) in [6, 6.07) is 17.6. The molecule has 1 fully saturated rings. The van der Waals surface area contributed by atoms with Crippen molar-refractivity contribution < 1.29 is 9.53 Å². The molecule has 0 bridgehead atoms. The molecule has 0 unspecified atom stereocenters. The van der Waals surface area contributed by atoms with Gasteiger partial charge in [-0.25, -0.2) is 4.98 Å². The average molecular weight is 473 g/mol. The zero-order valence-electron chi connectivity index (χ0n) is 19.7. The molecule has 5 N–H and O–H groups in total. The minimum atomic E-state index is -0.601. The normalized spacial score (nSPS) is 17.9. The molecular weight excluding hydrogens is 444 g/mol. The Balaban J connectivity index is 1.38. The molecular formula is C25H28N8O2. The summed E-state index contributed by atoms with van der Waals surface area (Å²) in [5, 5.41) is 13.9. The van der Waals surface area contributed by atoms with E-state index in [0.717, 1.165) is 33.5 Å². The number of morpholine rings is 1. The first-order chi connectivity index (χ1) is 17.0. The molecule has 180 valence electrons. The van der Waals surface area contributed by atoms with E-state index in [2.05, 4.69) is 42.6 Å². The van der Waals surface area contributed by atoms with E-state index in [1.54, 1.807) is 7.05 Å². The van der Waals surface area contributed by atoms with Crippen molar-refractivity contribution in [3.63, 3.8) is 0 Å². The van der Waals surface area contributed by atoms with Crippen LogP contribution in [-0.4, -0.2) is 58.4 Å². The fourth-order valence-corrected chi connectivity index (χ4v) is 4.17. The third-order valence-corrected chi connectivity index (χ3v) is 6.15. The number of nitrogens with zero attached hydrogens (tertiary/aromatic N) is 4. The quantitative estimate of drug-likeness (QED) is 0.336. The number of nitrogen functional groups attached to an aromatic ring is 1. The average Bonchev–Trinajstić information content (AvgIpc) is 3.27. The Morgan fingerprint density at radius 1 is 1.20 bits per heavy atom. The second kappa shape index (κ2) is 9.59. The highest BCUT2D eigenvalue weighted by Gasteiger charge is 2.32. The smallest absolute Gasteiger partial charge is 0.251 e. The summed E-state index contributed by atoms with van der Waals surface area (Å²) in [6.45, 7) is 3.31. The number of hydrogen-bond donors (Lipinski definition) is 4. The highest BCUT2D eigenvalue weighted by Crippen LogP contribution is 2.29. The lowest BCUT2D eigenvalue weighted by atomic mass is 10.1. The van der Waals surface area contributed by atoms with Gasteiger partial charge in [0, 0.05) is 30.6 Å². The van der Waals surface area contributed by atoms with Crippen molar-refractivity contribution in [1.29, 1.82) is 0 Å². The van der Waals surface area contributed by atoms with Crippen LogP contribution in [0.2, 0.25) is 0 Å². The molecule has 1 aliphatic heterocycles. The van der Waals surface area contributed by atoms with Gasteiger partial charge in [0.1, 0.15) is 5.82 Å². The van der Waals surface area contributed by atoms with Crippen molar-refractivity contribution in [2.75, 3.05) is 36.1 Å². The zero-order chi connectivity index (χ0) is 24.4. The van der Waals surface area contributed by atoms with Gasteiger partial charge in [0.15, 0.2) is 11.9 Å². The predicted molar refractivity (Wildman–Crippen MR) is 136 cm³/mol. The first kappa shape index (κ1) is 22.6. The van der Waals surface area contributed by atoms with E-state index in [1.165, 1.54) is 0 Å². The minimum absolute atomic E-state index is 0.0375. The number of amides is 1. The van der Waals surface area contributed by atoms with Crippen LogP contribution in [0, 0.1) is 0 Å². The minimum Gasteiger partial charge on any atom is -0.382 e. The molecule has 10 heteroatoms. The number of nitrogens with one attached hydrogen (secondary N) is 3. The summed E-state index contributed by atoms with van der Waals surface area (Å²) in [6.07, 6.45) is -0.601. The summed E-state index contributed by atoms with van der Waals surface area (Å²) >= 11 is 0. The van der Waals surface area contributed by atoms with Gasteiger partial charge in [-0.15, -0.1) is 0 Å². The van der Waals surface area contributed by atoms with Gasteiger partial charge in [-0.2, -0.15) is 10.1 Å². The molecule has 10 nitrogen and oxygen atoms in total. The first-order valence-corrected chi connectivity index (χ1v) is 11.5. The first-order valence-electron chi connectivity index (χ1n) is 11.5. The molecule has 0 aliphatic carbocycles. The van der Waals surface area contributed by atoms with E-state index >= 15 is 0 Å². The third kappa shape index (κ3) is 4.73. The van der Waals surface area contributed by atoms with Gasteiger partial charge in [-0.05, 0) is 24.6 Å². The van der Waals surface area contributed by atoms with E-state index in [1.807, 2.05) is 54.6 Å². The number of benzene rings is 2. The molecule has 5 rings (SSSR count). The lowest BCUT2D eigenvalue weighted by molar-refractivity contribution is -0.134. The van der Waals surface area contributed by atoms with E-state index in [4.69, 9.17) is 10.5 Å². The second-order valence-corrected chi connectivity index (χ2v) is 8.58. The number of aromatic amines is 1. The van der Waals surface area contributed by atoms with Crippen LogP contribution in [0.1, 0.15) is 12.5 Å². The Bertz CT molecular complexity index is 1340. The van der Waals surface area contributed by atoms with Crippen LogP contribution < -0.4 is 21.3 Å². The van der Waals surface area contributed by atoms with Crippen LogP contribution in [0.3, 0.4) is 0 Å². The Morgan fingerprint density at radius 3 is 2.83 bits per heavy atom. The topological polar surface area (TPSA) is 134 Å². The molecule has 2 atom stereocenters. The zero-order valence-corrected chi connectivity index (χ0v) is 19.7. The number of H-pyrrole nitrogens is 1. The van der Waals surface area contributed by atoms with Crippen LogP contribution in [0.5, 0.6) is 0 Å².